The number of amides is 1. The molecule has 1 atom stereocenters. The van der Waals surface area contributed by atoms with Crippen molar-refractivity contribution < 1.29 is 14.1 Å². The minimum Gasteiger partial charge on any atom is -0.493 e. The summed E-state index contributed by atoms with van der Waals surface area (Å²) in [5.74, 6) is 2.31. The fourth-order valence-electron chi connectivity index (χ4n) is 4.89. The second kappa shape index (κ2) is 10.8. The molecule has 1 saturated heterocycles. The second-order valence-electron chi connectivity index (χ2n) is 9.32. The van der Waals surface area contributed by atoms with Crippen molar-refractivity contribution in [2.75, 3.05) is 26.7 Å². The Morgan fingerprint density at radius 1 is 1.10 bits per heavy atom. The third-order valence-corrected chi connectivity index (χ3v) is 6.59. The Labute approximate surface area is 185 Å². The van der Waals surface area contributed by atoms with Gasteiger partial charge in [0.05, 0.1) is 12.3 Å². The van der Waals surface area contributed by atoms with Gasteiger partial charge in [-0.1, -0.05) is 30.1 Å². The van der Waals surface area contributed by atoms with Crippen LogP contribution < -0.4 is 4.74 Å². The van der Waals surface area contributed by atoms with Gasteiger partial charge in [0.25, 0.3) is 0 Å². The van der Waals surface area contributed by atoms with Gasteiger partial charge >= 0.3 is 0 Å². The maximum Gasteiger partial charge on any atom is 0.222 e. The predicted octanol–water partition coefficient (Wildman–Crippen LogP) is 4.50. The van der Waals surface area contributed by atoms with Crippen LogP contribution in [0.2, 0.25) is 0 Å². The molecule has 1 aliphatic carbocycles. The number of hydrogen-bond donors (Lipinski definition) is 0. The van der Waals surface area contributed by atoms with Crippen LogP contribution in [-0.2, 0) is 17.9 Å². The molecule has 2 heterocycles. The molecule has 31 heavy (non-hydrogen) atoms. The van der Waals surface area contributed by atoms with Crippen molar-refractivity contribution in [2.45, 2.75) is 58.0 Å². The molecule has 1 saturated carbocycles. The molecule has 1 aromatic heterocycles. The van der Waals surface area contributed by atoms with Crippen LogP contribution in [0.25, 0.3) is 0 Å². The topological polar surface area (TPSA) is 58.8 Å². The zero-order valence-electron chi connectivity index (χ0n) is 18.7. The molecule has 1 amide bonds. The largest absolute Gasteiger partial charge is 0.493 e. The second-order valence-corrected chi connectivity index (χ2v) is 9.32. The normalized spacial score (nSPS) is 19.8. The molecule has 168 valence electrons. The van der Waals surface area contributed by atoms with E-state index in [2.05, 4.69) is 34.1 Å². The summed E-state index contributed by atoms with van der Waals surface area (Å²) in [5, 5.41) is 3.96. The molecule has 0 spiro atoms. The average Bonchev–Trinajstić information content (AvgIpc) is 3.48. The van der Waals surface area contributed by atoms with Crippen molar-refractivity contribution in [3.8, 4) is 5.75 Å². The predicted molar refractivity (Wildman–Crippen MR) is 119 cm³/mol. The van der Waals surface area contributed by atoms with Gasteiger partial charge in [-0.25, -0.2) is 0 Å². The Morgan fingerprint density at radius 2 is 1.87 bits per heavy atom. The van der Waals surface area contributed by atoms with E-state index in [1.165, 1.54) is 31.2 Å². The zero-order valence-corrected chi connectivity index (χ0v) is 18.7. The van der Waals surface area contributed by atoms with Crippen LogP contribution in [0.15, 0.2) is 41.1 Å². The van der Waals surface area contributed by atoms with Gasteiger partial charge in [-0.15, -0.1) is 0 Å². The minimum atomic E-state index is 0.357. The number of rotatable bonds is 9. The molecular weight excluding hydrogens is 390 g/mol. The number of carbonyl (C=O) groups excluding carboxylic acids is 1. The van der Waals surface area contributed by atoms with Crippen LogP contribution >= 0.6 is 0 Å². The summed E-state index contributed by atoms with van der Waals surface area (Å²) in [4.78, 5) is 17.0. The van der Waals surface area contributed by atoms with E-state index >= 15 is 0 Å². The van der Waals surface area contributed by atoms with Crippen LogP contribution in [0.4, 0.5) is 0 Å². The van der Waals surface area contributed by atoms with E-state index in [1.54, 1.807) is 6.26 Å². The summed E-state index contributed by atoms with van der Waals surface area (Å²) in [7, 11) is 2.07. The Hall–Kier alpha value is -2.34. The van der Waals surface area contributed by atoms with Gasteiger partial charge in [0.15, 0.2) is 0 Å². The summed E-state index contributed by atoms with van der Waals surface area (Å²) < 4.78 is 11.0. The van der Waals surface area contributed by atoms with Crippen molar-refractivity contribution in [2.24, 2.45) is 11.8 Å². The molecule has 0 radical (unpaired) electrons. The van der Waals surface area contributed by atoms with Crippen LogP contribution in [0.1, 0.15) is 56.2 Å². The fraction of sp³-hybridized carbons (Fsp3) is 0.600. The van der Waals surface area contributed by atoms with Gasteiger partial charge in [0, 0.05) is 44.6 Å². The number of ether oxygens (including phenoxy) is 1. The molecule has 6 heteroatoms. The smallest absolute Gasteiger partial charge is 0.222 e. The third kappa shape index (κ3) is 6.57. The molecule has 1 aromatic carbocycles. The minimum absolute atomic E-state index is 0.357. The van der Waals surface area contributed by atoms with Crippen molar-refractivity contribution in [1.29, 1.82) is 0 Å². The Morgan fingerprint density at radius 3 is 2.61 bits per heavy atom. The lowest BCUT2D eigenvalue weighted by Crippen LogP contribution is -2.42. The van der Waals surface area contributed by atoms with Gasteiger partial charge in [0.1, 0.15) is 12.0 Å². The quantitative estimate of drug-likeness (QED) is 0.592. The number of likely N-dealkylation sites (tertiary alicyclic amines) is 1. The summed E-state index contributed by atoms with van der Waals surface area (Å²) in [6, 6.07) is 10.2. The van der Waals surface area contributed by atoms with Crippen molar-refractivity contribution in [1.82, 2.24) is 15.0 Å². The van der Waals surface area contributed by atoms with Crippen LogP contribution in [0.3, 0.4) is 0 Å². The Bertz CT molecular complexity index is 800. The maximum absolute atomic E-state index is 12.7. The van der Waals surface area contributed by atoms with Gasteiger partial charge in [-0.05, 0) is 56.3 Å². The summed E-state index contributed by atoms with van der Waals surface area (Å²) in [6.45, 7) is 4.04. The third-order valence-electron chi connectivity index (χ3n) is 6.59. The molecule has 2 aromatic rings. The van der Waals surface area contributed by atoms with E-state index in [-0.39, 0.29) is 0 Å². The lowest BCUT2D eigenvalue weighted by Gasteiger charge is -2.33. The number of aromatic nitrogens is 1. The maximum atomic E-state index is 12.7. The standard InChI is InChI=1S/C25H35N3O3/c1-27(18-23-12-14-31-26-23)16-21-8-10-24(11-9-21)30-19-22-7-4-13-28(17-22)25(29)15-20-5-2-3-6-20/h8-12,14,20,22H,2-7,13,15-19H2,1H3/t22-/m1/s1. The molecule has 0 bridgehead atoms. The lowest BCUT2D eigenvalue weighted by molar-refractivity contribution is -0.134. The van der Waals surface area contributed by atoms with E-state index in [4.69, 9.17) is 9.26 Å². The van der Waals surface area contributed by atoms with E-state index in [9.17, 15) is 4.79 Å². The molecule has 2 aliphatic rings. The highest BCUT2D eigenvalue weighted by molar-refractivity contribution is 5.76. The zero-order chi connectivity index (χ0) is 21.5. The first-order valence-corrected chi connectivity index (χ1v) is 11.7. The fourth-order valence-corrected chi connectivity index (χ4v) is 4.89. The van der Waals surface area contributed by atoms with Gasteiger partial charge in [-0.2, -0.15) is 0 Å². The first-order chi connectivity index (χ1) is 15.2. The van der Waals surface area contributed by atoms with E-state index in [0.717, 1.165) is 56.9 Å². The van der Waals surface area contributed by atoms with Gasteiger partial charge in [-0.3, -0.25) is 9.69 Å². The molecule has 0 N–H and O–H groups in total. The van der Waals surface area contributed by atoms with E-state index in [1.807, 2.05) is 18.2 Å². The first-order valence-electron chi connectivity index (χ1n) is 11.7. The lowest BCUT2D eigenvalue weighted by atomic mass is 9.97. The highest BCUT2D eigenvalue weighted by Crippen LogP contribution is 2.29. The Balaban J connectivity index is 1.20. The highest BCUT2D eigenvalue weighted by atomic mass is 16.5. The van der Waals surface area contributed by atoms with E-state index in [0.29, 0.717) is 24.3 Å². The van der Waals surface area contributed by atoms with Crippen LogP contribution in [0, 0.1) is 11.8 Å². The molecular formula is C25H35N3O3. The van der Waals surface area contributed by atoms with E-state index < -0.39 is 0 Å². The van der Waals surface area contributed by atoms with Crippen molar-refractivity contribution in [3.63, 3.8) is 0 Å². The van der Waals surface area contributed by atoms with Gasteiger partial charge < -0.3 is 14.2 Å². The van der Waals surface area contributed by atoms with Crippen molar-refractivity contribution in [3.05, 3.63) is 47.9 Å². The monoisotopic (exact) mass is 425 g/mol. The summed E-state index contributed by atoms with van der Waals surface area (Å²) in [5.41, 5.74) is 2.17. The van der Waals surface area contributed by atoms with Crippen molar-refractivity contribution >= 4 is 5.91 Å². The molecule has 1 aliphatic heterocycles. The summed E-state index contributed by atoms with van der Waals surface area (Å²) in [6.07, 6.45) is 9.64. The Kier molecular flexibility index (Phi) is 7.62. The summed E-state index contributed by atoms with van der Waals surface area (Å²) >= 11 is 0. The van der Waals surface area contributed by atoms with Crippen LogP contribution in [-0.4, -0.2) is 47.6 Å². The molecule has 6 nitrogen and oxygen atoms in total. The SMILES string of the molecule is CN(Cc1ccc(OC[C@@H]2CCCN(C(=O)CC3CCCC3)C2)cc1)Cc1ccon1. The number of hydrogen-bond acceptors (Lipinski definition) is 5. The molecule has 4 rings (SSSR count). The number of benzene rings is 1. The number of piperidine rings is 1. The average molecular weight is 426 g/mol. The van der Waals surface area contributed by atoms with Crippen LogP contribution in [0.5, 0.6) is 5.75 Å². The first kappa shape index (κ1) is 21.9. The molecule has 0 unspecified atom stereocenters. The van der Waals surface area contributed by atoms with Gasteiger partial charge in [0.2, 0.25) is 5.91 Å². The number of carbonyl (C=O) groups is 1. The highest BCUT2D eigenvalue weighted by Gasteiger charge is 2.27. The number of nitrogens with zero attached hydrogens (tertiary/aromatic N) is 3. The molecule has 2 fully saturated rings.